The number of nitrogen functional groups attached to an aromatic ring is 1. The summed E-state index contributed by atoms with van der Waals surface area (Å²) >= 11 is 0. The average molecular weight is 753 g/mol. The maximum absolute atomic E-state index is 14.2. The fraction of sp³-hybridized carbons (Fsp3) is 0. The third kappa shape index (κ3) is 5.96. The number of hydrogen-bond donors (Lipinski definition) is 6. The highest BCUT2D eigenvalue weighted by atomic mass is 32.2. The second-order valence-corrected chi connectivity index (χ2v) is 14.1. The van der Waals surface area contributed by atoms with Crippen LogP contribution < -0.4 is 21.9 Å². The zero-order valence-corrected chi connectivity index (χ0v) is 28.0. The molecule has 1 aliphatic rings. The Morgan fingerprint density at radius 3 is 2.15 bits per heavy atom. The standard InChI is InChI=1S/C33H20N8O10S2/c34-14-20-25-18-3-1-2-4-19(18)28(42)26-21(36-16-7-5-15(6-8-16)30(44)45)10-11-23(27(25)26)41(29(20)43)33-39-31(35)38-32(40-33)37-22-13-17(52(46,47)48)9-12-24(22)53(49,50)51/h1-13,36H,(H,44,45)(H,46,47,48)(H,49,50,51)(H3,35,37,38,39,40). The number of nitrogens with zero attached hydrogens (tertiary/aromatic N) is 5. The van der Waals surface area contributed by atoms with Gasteiger partial charge in [0.2, 0.25) is 17.8 Å². The van der Waals surface area contributed by atoms with E-state index in [0.717, 1.165) is 10.6 Å². The van der Waals surface area contributed by atoms with Crippen LogP contribution in [0.5, 0.6) is 0 Å². The van der Waals surface area contributed by atoms with Crippen LogP contribution in [-0.4, -0.2) is 62.3 Å². The van der Waals surface area contributed by atoms with Crippen LogP contribution in [0.15, 0.2) is 93.4 Å². The Balaban J connectivity index is 1.48. The molecular weight excluding hydrogens is 733 g/mol. The second kappa shape index (κ2) is 12.3. The minimum atomic E-state index is -5.00. The molecular formula is C33H20N8O10S2. The maximum Gasteiger partial charge on any atom is 0.335 e. The van der Waals surface area contributed by atoms with Crippen molar-refractivity contribution in [3.63, 3.8) is 0 Å². The molecule has 4 aromatic carbocycles. The van der Waals surface area contributed by atoms with Gasteiger partial charge in [0.15, 0.2) is 5.78 Å². The van der Waals surface area contributed by atoms with Gasteiger partial charge in [-0.2, -0.15) is 37.0 Å². The summed E-state index contributed by atoms with van der Waals surface area (Å²) in [6.07, 6.45) is 0. The molecule has 0 saturated carbocycles. The lowest BCUT2D eigenvalue weighted by Gasteiger charge is -2.25. The van der Waals surface area contributed by atoms with Gasteiger partial charge in [0, 0.05) is 22.2 Å². The lowest BCUT2D eigenvalue weighted by atomic mass is 9.81. The number of nitriles is 1. The van der Waals surface area contributed by atoms with Crippen molar-refractivity contribution in [1.82, 2.24) is 19.5 Å². The zero-order valence-electron chi connectivity index (χ0n) is 26.3. The number of carbonyl (C=O) groups excluding carboxylic acids is 1. The first-order valence-corrected chi connectivity index (χ1v) is 17.7. The summed E-state index contributed by atoms with van der Waals surface area (Å²) in [5.74, 6) is -3.25. The maximum atomic E-state index is 14.2. The monoisotopic (exact) mass is 752 g/mol. The average Bonchev–Trinajstić information content (AvgIpc) is 3.09. The summed E-state index contributed by atoms with van der Waals surface area (Å²) in [7, 11) is -9.86. The molecule has 18 nitrogen and oxygen atoms in total. The number of hydrogen-bond acceptors (Lipinski definition) is 14. The van der Waals surface area contributed by atoms with E-state index in [4.69, 9.17) is 5.73 Å². The molecule has 7 rings (SSSR count). The van der Waals surface area contributed by atoms with Crippen molar-refractivity contribution in [1.29, 1.82) is 5.26 Å². The van der Waals surface area contributed by atoms with Crippen LogP contribution in [-0.2, 0) is 20.2 Å². The van der Waals surface area contributed by atoms with Crippen LogP contribution in [0.1, 0.15) is 31.8 Å². The van der Waals surface area contributed by atoms with Crippen LogP contribution in [0, 0.1) is 11.3 Å². The largest absolute Gasteiger partial charge is 0.478 e. The number of carbonyl (C=O) groups is 2. The van der Waals surface area contributed by atoms with Gasteiger partial charge in [0.25, 0.3) is 25.8 Å². The van der Waals surface area contributed by atoms with Crippen LogP contribution in [0.3, 0.4) is 0 Å². The molecule has 0 amide bonds. The van der Waals surface area contributed by atoms with E-state index in [9.17, 15) is 50.7 Å². The van der Waals surface area contributed by atoms with Gasteiger partial charge in [-0.3, -0.25) is 18.7 Å². The lowest BCUT2D eigenvalue weighted by molar-refractivity contribution is 0.0696. The van der Waals surface area contributed by atoms with Crippen LogP contribution in [0.25, 0.3) is 28.0 Å². The number of nitrogens with two attached hydrogens (primary N) is 1. The number of ketones is 1. The van der Waals surface area contributed by atoms with Crippen molar-refractivity contribution >= 4 is 71.9 Å². The molecule has 0 spiro atoms. The number of rotatable bonds is 8. The summed E-state index contributed by atoms with van der Waals surface area (Å²) in [5.41, 5.74) is 5.38. The third-order valence-corrected chi connectivity index (χ3v) is 9.91. The van der Waals surface area contributed by atoms with Crippen molar-refractivity contribution in [3.8, 4) is 23.1 Å². The number of pyridine rings is 1. The molecule has 6 aromatic rings. The highest BCUT2D eigenvalue weighted by Crippen LogP contribution is 2.44. The number of anilines is 5. The van der Waals surface area contributed by atoms with Crippen LogP contribution in [0.2, 0.25) is 0 Å². The van der Waals surface area contributed by atoms with Gasteiger partial charge in [0.05, 0.1) is 32.9 Å². The molecule has 2 aromatic heterocycles. The Labute approximate surface area is 297 Å². The Morgan fingerprint density at radius 2 is 1.51 bits per heavy atom. The van der Waals surface area contributed by atoms with Gasteiger partial charge in [-0.05, 0) is 60.2 Å². The van der Waals surface area contributed by atoms with E-state index in [-0.39, 0.29) is 38.8 Å². The highest BCUT2D eigenvalue weighted by Gasteiger charge is 2.33. The van der Waals surface area contributed by atoms with Gasteiger partial charge < -0.3 is 21.5 Å². The Hall–Kier alpha value is -7.05. The summed E-state index contributed by atoms with van der Waals surface area (Å²) in [6.45, 7) is 0. The van der Waals surface area contributed by atoms with E-state index < -0.39 is 76.4 Å². The molecule has 7 N–H and O–H groups in total. The van der Waals surface area contributed by atoms with Crippen LogP contribution >= 0.6 is 0 Å². The highest BCUT2D eigenvalue weighted by molar-refractivity contribution is 7.86. The van der Waals surface area contributed by atoms with E-state index in [1.165, 1.54) is 36.4 Å². The normalized spacial score (nSPS) is 12.2. The predicted octanol–water partition coefficient (Wildman–Crippen LogP) is 3.52. The molecule has 2 heterocycles. The topological polar surface area (TPSA) is 298 Å². The SMILES string of the molecule is N#Cc1c2c3c(c(Nc4ccc(C(=O)O)cc4)ccc3n(-c3nc(N)nc(Nc4cc(S(=O)(=O)O)ccc4S(=O)(=O)O)n3)c1=O)C(=O)c1ccccc1-2. The van der Waals surface area contributed by atoms with Crippen molar-refractivity contribution in [2.75, 3.05) is 16.4 Å². The fourth-order valence-corrected chi connectivity index (χ4v) is 7.07. The van der Waals surface area contributed by atoms with Crippen molar-refractivity contribution in [3.05, 3.63) is 111 Å². The first-order chi connectivity index (χ1) is 25.1. The summed E-state index contributed by atoms with van der Waals surface area (Å²) in [6, 6.07) is 19.0. The Morgan fingerprint density at radius 1 is 0.811 bits per heavy atom. The second-order valence-electron chi connectivity index (χ2n) is 11.3. The number of benzene rings is 4. The van der Waals surface area contributed by atoms with E-state index in [1.54, 1.807) is 24.3 Å². The zero-order chi connectivity index (χ0) is 38.0. The first kappa shape index (κ1) is 34.4. The van der Waals surface area contributed by atoms with Gasteiger partial charge in [0.1, 0.15) is 16.5 Å². The minimum Gasteiger partial charge on any atom is -0.478 e. The smallest absolute Gasteiger partial charge is 0.335 e. The Bertz CT molecular complexity index is 2940. The van der Waals surface area contributed by atoms with Crippen molar-refractivity contribution in [2.45, 2.75) is 9.79 Å². The van der Waals surface area contributed by atoms with Gasteiger partial charge in [-0.25, -0.2) is 9.36 Å². The number of fused-ring (bicyclic) bond motifs is 2. The molecule has 0 radical (unpaired) electrons. The van der Waals surface area contributed by atoms with Gasteiger partial charge >= 0.3 is 5.97 Å². The predicted molar refractivity (Wildman–Crippen MR) is 187 cm³/mol. The molecule has 53 heavy (non-hydrogen) atoms. The summed E-state index contributed by atoms with van der Waals surface area (Å²) in [4.78, 5) is 50.3. The molecule has 0 unspecified atom stereocenters. The molecule has 0 fully saturated rings. The van der Waals surface area contributed by atoms with E-state index in [2.05, 4.69) is 25.6 Å². The number of nitrogens with one attached hydrogen (secondary N) is 2. The molecule has 0 aliphatic heterocycles. The third-order valence-electron chi connectivity index (χ3n) is 8.15. The van der Waals surface area contributed by atoms with Gasteiger partial charge in [-0.1, -0.05) is 24.3 Å². The minimum absolute atomic E-state index is 0.0243. The molecule has 264 valence electrons. The number of carboxylic acids is 1. The lowest BCUT2D eigenvalue weighted by Crippen LogP contribution is -2.27. The van der Waals surface area contributed by atoms with E-state index >= 15 is 0 Å². The van der Waals surface area contributed by atoms with Crippen LogP contribution in [0.4, 0.5) is 29.0 Å². The number of carboxylic acid groups (broad SMARTS) is 1. The van der Waals surface area contributed by atoms with Crippen molar-refractivity contribution in [2.24, 2.45) is 0 Å². The van der Waals surface area contributed by atoms with E-state index in [1.807, 2.05) is 6.07 Å². The van der Waals surface area contributed by atoms with Crippen molar-refractivity contribution < 1.29 is 40.6 Å². The fourth-order valence-electron chi connectivity index (χ4n) is 5.93. The summed E-state index contributed by atoms with van der Waals surface area (Å²) < 4.78 is 68.0. The number of aromatic nitrogens is 4. The Kier molecular flexibility index (Phi) is 8.00. The molecule has 0 bridgehead atoms. The van der Waals surface area contributed by atoms with E-state index in [0.29, 0.717) is 23.4 Å². The molecule has 1 aliphatic carbocycles. The summed E-state index contributed by atoms with van der Waals surface area (Å²) in [5, 5.41) is 25.4. The molecule has 0 atom stereocenters. The number of aromatic carboxylic acids is 1. The molecule has 0 saturated heterocycles. The van der Waals surface area contributed by atoms with Gasteiger partial charge in [-0.15, -0.1) is 0 Å². The molecule has 20 heteroatoms. The quantitative estimate of drug-likeness (QED) is 0.121. The first-order valence-electron chi connectivity index (χ1n) is 14.8.